The molecule has 1 aromatic carbocycles. The van der Waals surface area contributed by atoms with Crippen LogP contribution in [0.2, 0.25) is 0 Å². The Labute approximate surface area is 178 Å². The number of carbonyl (C=O) groups is 1. The molecule has 31 heavy (non-hydrogen) atoms. The van der Waals surface area contributed by atoms with Crippen molar-refractivity contribution in [3.05, 3.63) is 52.8 Å². The number of benzene rings is 1. The van der Waals surface area contributed by atoms with E-state index in [1.807, 2.05) is 4.68 Å². The number of sulfonamides is 1. The zero-order chi connectivity index (χ0) is 22.2. The monoisotopic (exact) mass is 456 g/mol. The van der Waals surface area contributed by atoms with Gasteiger partial charge in [0.25, 0.3) is 5.91 Å². The molecule has 0 spiro atoms. The summed E-state index contributed by atoms with van der Waals surface area (Å²) in [5.74, 6) is -0.515. The highest BCUT2D eigenvalue weighted by Gasteiger charge is 2.32. The summed E-state index contributed by atoms with van der Waals surface area (Å²) in [6.07, 6.45) is -0.00572. The molecular weight excluding hydrogens is 433 g/mol. The lowest BCUT2D eigenvalue weighted by Crippen LogP contribution is -2.50. The number of piperazine rings is 1. The maximum Gasteiger partial charge on any atom is 0.416 e. The van der Waals surface area contributed by atoms with Crippen LogP contribution in [0.25, 0.3) is 0 Å². The standard InChI is InChI=1S/C20H23F3N4O3S/c21-20(22,23)16-6-4-15(5-7-16)14-31(29,30)26-11-9-25(10-12-26)19(28)17-13-24-27-8-2-1-3-18(17)27/h4-7,13H,1-3,8-12,14H2. The molecular formula is C20H23F3N4O3S. The largest absolute Gasteiger partial charge is 0.416 e. The predicted molar refractivity (Wildman–Crippen MR) is 107 cm³/mol. The van der Waals surface area contributed by atoms with Crippen LogP contribution in [0.15, 0.2) is 30.5 Å². The average molecular weight is 456 g/mol. The van der Waals surface area contributed by atoms with Crippen molar-refractivity contribution in [1.29, 1.82) is 0 Å². The fraction of sp³-hybridized carbons (Fsp3) is 0.500. The van der Waals surface area contributed by atoms with Crippen molar-refractivity contribution in [2.45, 2.75) is 37.7 Å². The van der Waals surface area contributed by atoms with Gasteiger partial charge in [0.05, 0.1) is 28.8 Å². The number of aryl methyl sites for hydroxylation is 1. The zero-order valence-corrected chi connectivity index (χ0v) is 17.6. The van der Waals surface area contributed by atoms with E-state index in [0.29, 0.717) is 5.56 Å². The van der Waals surface area contributed by atoms with Crippen molar-refractivity contribution < 1.29 is 26.4 Å². The minimum Gasteiger partial charge on any atom is -0.336 e. The smallest absolute Gasteiger partial charge is 0.336 e. The van der Waals surface area contributed by atoms with E-state index in [0.717, 1.165) is 43.6 Å². The van der Waals surface area contributed by atoms with Gasteiger partial charge in [0, 0.05) is 32.7 Å². The summed E-state index contributed by atoms with van der Waals surface area (Å²) >= 11 is 0. The van der Waals surface area contributed by atoms with Crippen LogP contribution in [0.3, 0.4) is 0 Å². The maximum absolute atomic E-state index is 12.9. The van der Waals surface area contributed by atoms with Crippen molar-refractivity contribution in [3.8, 4) is 0 Å². The number of alkyl halides is 3. The molecule has 4 rings (SSSR count). The molecule has 2 aliphatic rings. The van der Waals surface area contributed by atoms with Crippen LogP contribution >= 0.6 is 0 Å². The van der Waals surface area contributed by atoms with Gasteiger partial charge < -0.3 is 4.90 Å². The molecule has 1 saturated heterocycles. The number of carbonyl (C=O) groups excluding carboxylic acids is 1. The van der Waals surface area contributed by atoms with E-state index in [1.54, 1.807) is 11.1 Å². The number of nitrogens with zero attached hydrogens (tertiary/aromatic N) is 4. The number of amides is 1. The first kappa shape index (κ1) is 21.8. The summed E-state index contributed by atoms with van der Waals surface area (Å²) in [5, 5.41) is 4.29. The Morgan fingerprint density at radius 1 is 1.00 bits per heavy atom. The van der Waals surface area contributed by atoms with E-state index in [4.69, 9.17) is 0 Å². The SMILES string of the molecule is O=C(c1cnn2c1CCCC2)N1CCN(S(=O)(=O)Cc2ccc(C(F)(F)F)cc2)CC1. The van der Waals surface area contributed by atoms with Crippen molar-refractivity contribution in [3.63, 3.8) is 0 Å². The number of halogens is 3. The Balaban J connectivity index is 1.37. The summed E-state index contributed by atoms with van der Waals surface area (Å²) in [6, 6.07) is 4.13. The Bertz CT molecular complexity index is 1060. The molecule has 1 aromatic heterocycles. The summed E-state index contributed by atoms with van der Waals surface area (Å²) < 4.78 is 66.6. The normalized spacial score (nSPS) is 18.1. The van der Waals surface area contributed by atoms with Crippen LogP contribution < -0.4 is 0 Å². The van der Waals surface area contributed by atoms with Gasteiger partial charge >= 0.3 is 6.18 Å². The van der Waals surface area contributed by atoms with Crippen LogP contribution in [0.4, 0.5) is 13.2 Å². The molecule has 0 bridgehead atoms. The summed E-state index contributed by atoms with van der Waals surface area (Å²) in [7, 11) is -3.70. The third kappa shape index (κ3) is 4.62. The molecule has 7 nitrogen and oxygen atoms in total. The molecule has 0 radical (unpaired) electrons. The Morgan fingerprint density at radius 3 is 2.32 bits per heavy atom. The first-order valence-corrected chi connectivity index (χ1v) is 11.7. The molecule has 1 fully saturated rings. The topological polar surface area (TPSA) is 75.5 Å². The van der Waals surface area contributed by atoms with Crippen molar-refractivity contribution in [2.24, 2.45) is 0 Å². The number of aromatic nitrogens is 2. The molecule has 11 heteroatoms. The molecule has 0 atom stereocenters. The number of hydrogen-bond donors (Lipinski definition) is 0. The number of fused-ring (bicyclic) bond motifs is 1. The van der Waals surface area contributed by atoms with Crippen LogP contribution in [0, 0.1) is 0 Å². The van der Waals surface area contributed by atoms with Crippen LogP contribution in [-0.2, 0) is 34.9 Å². The van der Waals surface area contributed by atoms with Crippen molar-refractivity contribution >= 4 is 15.9 Å². The maximum atomic E-state index is 12.9. The second-order valence-electron chi connectivity index (χ2n) is 7.83. The molecule has 0 aliphatic carbocycles. The number of rotatable bonds is 4. The van der Waals surface area contributed by atoms with E-state index in [1.165, 1.54) is 16.4 Å². The fourth-order valence-electron chi connectivity index (χ4n) is 4.03. The molecule has 2 aliphatic heterocycles. The molecule has 0 N–H and O–H groups in total. The predicted octanol–water partition coefficient (Wildman–Crippen LogP) is 2.53. The van der Waals surface area contributed by atoms with E-state index < -0.39 is 21.8 Å². The van der Waals surface area contributed by atoms with E-state index >= 15 is 0 Å². The van der Waals surface area contributed by atoms with Crippen molar-refractivity contribution in [2.75, 3.05) is 26.2 Å². The van der Waals surface area contributed by atoms with Gasteiger partial charge in [0.2, 0.25) is 10.0 Å². The Hall–Kier alpha value is -2.40. The summed E-state index contributed by atoms with van der Waals surface area (Å²) in [4.78, 5) is 14.5. The highest BCUT2D eigenvalue weighted by Crippen LogP contribution is 2.29. The lowest BCUT2D eigenvalue weighted by atomic mass is 10.1. The highest BCUT2D eigenvalue weighted by atomic mass is 32.2. The second-order valence-corrected chi connectivity index (χ2v) is 9.80. The fourth-order valence-corrected chi connectivity index (χ4v) is 5.55. The third-order valence-electron chi connectivity index (χ3n) is 5.76. The third-order valence-corrected chi connectivity index (χ3v) is 7.61. The highest BCUT2D eigenvalue weighted by molar-refractivity contribution is 7.88. The van der Waals surface area contributed by atoms with Gasteiger partial charge in [-0.05, 0) is 37.0 Å². The second kappa shape index (κ2) is 8.27. The molecule has 168 valence electrons. The zero-order valence-electron chi connectivity index (χ0n) is 16.8. The van der Waals surface area contributed by atoms with E-state index in [9.17, 15) is 26.4 Å². The van der Waals surface area contributed by atoms with Crippen LogP contribution in [-0.4, -0.2) is 59.5 Å². The van der Waals surface area contributed by atoms with E-state index in [2.05, 4.69) is 5.10 Å². The minimum absolute atomic E-state index is 0.136. The average Bonchev–Trinajstić information content (AvgIpc) is 3.17. The first-order chi connectivity index (χ1) is 14.6. The van der Waals surface area contributed by atoms with Gasteiger partial charge in [-0.3, -0.25) is 9.48 Å². The lowest BCUT2D eigenvalue weighted by Gasteiger charge is -2.34. The molecule has 0 unspecified atom stereocenters. The van der Waals surface area contributed by atoms with Gasteiger partial charge in [-0.15, -0.1) is 0 Å². The number of hydrogen-bond acceptors (Lipinski definition) is 4. The molecule has 2 aromatic rings. The minimum atomic E-state index is -4.46. The van der Waals surface area contributed by atoms with Gasteiger partial charge in [0.15, 0.2) is 0 Å². The Morgan fingerprint density at radius 2 is 1.68 bits per heavy atom. The van der Waals surface area contributed by atoms with E-state index in [-0.39, 0.29) is 43.4 Å². The summed E-state index contributed by atoms with van der Waals surface area (Å²) in [5.41, 5.74) is 0.996. The summed E-state index contributed by atoms with van der Waals surface area (Å²) in [6.45, 7) is 1.63. The molecule has 0 saturated carbocycles. The Kier molecular flexibility index (Phi) is 5.82. The van der Waals surface area contributed by atoms with Crippen molar-refractivity contribution in [1.82, 2.24) is 19.0 Å². The molecule has 3 heterocycles. The quantitative estimate of drug-likeness (QED) is 0.709. The van der Waals surface area contributed by atoms with Gasteiger partial charge in [-0.25, -0.2) is 8.42 Å². The van der Waals surface area contributed by atoms with Crippen LogP contribution in [0.1, 0.15) is 40.0 Å². The molecule has 1 amide bonds. The van der Waals surface area contributed by atoms with Crippen LogP contribution in [0.5, 0.6) is 0 Å². The lowest BCUT2D eigenvalue weighted by molar-refractivity contribution is -0.137. The van der Waals surface area contributed by atoms with Gasteiger partial charge in [-0.1, -0.05) is 12.1 Å². The van der Waals surface area contributed by atoms with Gasteiger partial charge in [0.1, 0.15) is 0 Å². The van der Waals surface area contributed by atoms with Gasteiger partial charge in [-0.2, -0.15) is 22.6 Å². The first-order valence-electron chi connectivity index (χ1n) is 10.1.